The van der Waals surface area contributed by atoms with Gasteiger partial charge in [0.05, 0.1) is 13.1 Å². The van der Waals surface area contributed by atoms with Gasteiger partial charge in [0.15, 0.2) is 0 Å². The van der Waals surface area contributed by atoms with E-state index in [2.05, 4.69) is 23.0 Å². The summed E-state index contributed by atoms with van der Waals surface area (Å²) >= 11 is 0. The van der Waals surface area contributed by atoms with Crippen LogP contribution in [0, 0.1) is 18.8 Å². The number of aromatic nitrogens is 2. The van der Waals surface area contributed by atoms with E-state index in [0.717, 1.165) is 17.8 Å². The molecule has 3 heteroatoms. The van der Waals surface area contributed by atoms with Crippen molar-refractivity contribution in [2.45, 2.75) is 13.5 Å². The van der Waals surface area contributed by atoms with E-state index in [1.807, 2.05) is 42.1 Å². The Bertz CT molecular complexity index is 558. The van der Waals surface area contributed by atoms with Crippen LogP contribution in [0.1, 0.15) is 16.8 Å². The van der Waals surface area contributed by atoms with E-state index in [4.69, 9.17) is 5.73 Å². The zero-order valence-electron chi connectivity index (χ0n) is 9.85. The van der Waals surface area contributed by atoms with Crippen LogP contribution in [0.25, 0.3) is 0 Å². The first kappa shape index (κ1) is 11.4. The standard InChI is InChI=1S/C14H15N3/c1-12-8-10-16-17(12)11-14-6-3-2-5-13(14)7-4-9-15/h2-3,5-6,8,10H,9,11,15H2,1H3. The minimum atomic E-state index is 0.384. The van der Waals surface area contributed by atoms with Crippen LogP contribution < -0.4 is 5.73 Å². The molecule has 1 heterocycles. The molecular formula is C14H15N3. The molecule has 2 aromatic rings. The lowest BCUT2D eigenvalue weighted by Crippen LogP contribution is -2.05. The summed E-state index contributed by atoms with van der Waals surface area (Å²) in [5.41, 5.74) is 8.73. The molecule has 0 spiro atoms. The van der Waals surface area contributed by atoms with Crippen molar-refractivity contribution in [2.24, 2.45) is 5.73 Å². The Balaban J connectivity index is 2.30. The zero-order chi connectivity index (χ0) is 12.1. The molecule has 2 rings (SSSR count). The Morgan fingerprint density at radius 3 is 2.82 bits per heavy atom. The third kappa shape index (κ3) is 2.74. The second-order valence-corrected chi connectivity index (χ2v) is 3.79. The van der Waals surface area contributed by atoms with Crippen LogP contribution in [0.15, 0.2) is 36.5 Å². The van der Waals surface area contributed by atoms with Crippen molar-refractivity contribution in [1.82, 2.24) is 9.78 Å². The molecule has 0 bridgehead atoms. The number of rotatable bonds is 2. The van der Waals surface area contributed by atoms with Crippen LogP contribution in [0.5, 0.6) is 0 Å². The fraction of sp³-hybridized carbons (Fsp3) is 0.214. The molecule has 2 N–H and O–H groups in total. The first-order chi connectivity index (χ1) is 8.31. The molecule has 0 aliphatic rings. The molecular weight excluding hydrogens is 210 g/mol. The van der Waals surface area contributed by atoms with Gasteiger partial charge in [-0.1, -0.05) is 30.0 Å². The van der Waals surface area contributed by atoms with Crippen LogP contribution in [0.2, 0.25) is 0 Å². The molecule has 3 nitrogen and oxygen atoms in total. The highest BCUT2D eigenvalue weighted by Crippen LogP contribution is 2.10. The summed E-state index contributed by atoms with van der Waals surface area (Å²) in [6, 6.07) is 10.1. The van der Waals surface area contributed by atoms with E-state index >= 15 is 0 Å². The maximum atomic E-state index is 5.40. The summed E-state index contributed by atoms with van der Waals surface area (Å²) in [6.45, 7) is 3.17. The largest absolute Gasteiger partial charge is 0.320 e. The Hall–Kier alpha value is -2.05. The van der Waals surface area contributed by atoms with Gasteiger partial charge in [0, 0.05) is 17.5 Å². The van der Waals surface area contributed by atoms with Crippen LogP contribution in [0.4, 0.5) is 0 Å². The molecule has 0 saturated carbocycles. The first-order valence-electron chi connectivity index (χ1n) is 5.56. The number of hydrogen-bond acceptors (Lipinski definition) is 2. The van der Waals surface area contributed by atoms with Gasteiger partial charge in [0.1, 0.15) is 0 Å². The van der Waals surface area contributed by atoms with Gasteiger partial charge >= 0.3 is 0 Å². The maximum absolute atomic E-state index is 5.40. The monoisotopic (exact) mass is 225 g/mol. The molecule has 0 unspecified atom stereocenters. The summed E-state index contributed by atoms with van der Waals surface area (Å²) in [5.74, 6) is 5.98. The average molecular weight is 225 g/mol. The highest BCUT2D eigenvalue weighted by Gasteiger charge is 2.02. The van der Waals surface area contributed by atoms with Gasteiger partial charge in [-0.3, -0.25) is 4.68 Å². The van der Waals surface area contributed by atoms with E-state index in [-0.39, 0.29) is 0 Å². The summed E-state index contributed by atoms with van der Waals surface area (Å²) in [7, 11) is 0. The lowest BCUT2D eigenvalue weighted by Gasteiger charge is -2.06. The van der Waals surface area contributed by atoms with Gasteiger partial charge in [0.25, 0.3) is 0 Å². The minimum absolute atomic E-state index is 0.384. The van der Waals surface area contributed by atoms with Gasteiger partial charge in [-0.25, -0.2) is 0 Å². The first-order valence-corrected chi connectivity index (χ1v) is 5.56. The van der Waals surface area contributed by atoms with Gasteiger partial charge in [-0.2, -0.15) is 5.10 Å². The predicted molar refractivity (Wildman–Crippen MR) is 68.4 cm³/mol. The molecule has 0 saturated heterocycles. The molecule has 17 heavy (non-hydrogen) atoms. The normalized spacial score (nSPS) is 9.76. The van der Waals surface area contributed by atoms with Crippen molar-refractivity contribution in [2.75, 3.05) is 6.54 Å². The van der Waals surface area contributed by atoms with Crippen molar-refractivity contribution < 1.29 is 0 Å². The quantitative estimate of drug-likeness (QED) is 0.788. The van der Waals surface area contributed by atoms with E-state index in [1.54, 1.807) is 0 Å². The molecule has 0 aliphatic carbocycles. The van der Waals surface area contributed by atoms with Crippen LogP contribution in [0.3, 0.4) is 0 Å². The van der Waals surface area contributed by atoms with E-state index < -0.39 is 0 Å². The molecule has 0 atom stereocenters. The average Bonchev–Trinajstić information content (AvgIpc) is 2.74. The van der Waals surface area contributed by atoms with Crippen LogP contribution in [-0.4, -0.2) is 16.3 Å². The number of aryl methyl sites for hydroxylation is 1. The molecule has 0 aliphatic heterocycles. The maximum Gasteiger partial charge on any atom is 0.0674 e. The molecule has 0 radical (unpaired) electrons. The SMILES string of the molecule is Cc1ccnn1Cc1ccccc1C#CCN. The molecule has 0 fully saturated rings. The lowest BCUT2D eigenvalue weighted by molar-refractivity contribution is 0.664. The summed E-state index contributed by atoms with van der Waals surface area (Å²) in [6.07, 6.45) is 1.81. The second-order valence-electron chi connectivity index (χ2n) is 3.79. The molecule has 1 aromatic carbocycles. The van der Waals surface area contributed by atoms with Gasteiger partial charge in [-0.15, -0.1) is 0 Å². The molecule has 86 valence electrons. The van der Waals surface area contributed by atoms with Crippen molar-refractivity contribution in [1.29, 1.82) is 0 Å². The second kappa shape index (κ2) is 5.33. The molecule has 0 amide bonds. The van der Waals surface area contributed by atoms with Crippen LogP contribution >= 0.6 is 0 Å². The fourth-order valence-electron chi connectivity index (χ4n) is 1.65. The third-order valence-corrected chi connectivity index (χ3v) is 2.59. The smallest absolute Gasteiger partial charge is 0.0674 e. The van der Waals surface area contributed by atoms with Crippen molar-refractivity contribution in [3.05, 3.63) is 53.3 Å². The van der Waals surface area contributed by atoms with Crippen molar-refractivity contribution in [3.8, 4) is 11.8 Å². The van der Waals surface area contributed by atoms with E-state index in [0.29, 0.717) is 6.54 Å². The highest BCUT2D eigenvalue weighted by atomic mass is 15.3. The Kier molecular flexibility index (Phi) is 3.59. The van der Waals surface area contributed by atoms with Gasteiger partial charge in [0.2, 0.25) is 0 Å². The number of benzene rings is 1. The lowest BCUT2D eigenvalue weighted by atomic mass is 10.1. The van der Waals surface area contributed by atoms with E-state index in [1.165, 1.54) is 5.56 Å². The number of nitrogens with zero attached hydrogens (tertiary/aromatic N) is 2. The summed E-state index contributed by atoms with van der Waals surface area (Å²) < 4.78 is 1.96. The highest BCUT2D eigenvalue weighted by molar-refractivity contribution is 5.41. The Labute approximate surface area is 101 Å². The summed E-state index contributed by atoms with van der Waals surface area (Å²) in [4.78, 5) is 0. The topological polar surface area (TPSA) is 43.8 Å². The fourth-order valence-corrected chi connectivity index (χ4v) is 1.65. The number of hydrogen-bond donors (Lipinski definition) is 1. The van der Waals surface area contributed by atoms with Gasteiger partial charge < -0.3 is 5.73 Å². The third-order valence-electron chi connectivity index (χ3n) is 2.59. The Morgan fingerprint density at radius 1 is 1.29 bits per heavy atom. The van der Waals surface area contributed by atoms with Crippen LogP contribution in [-0.2, 0) is 6.54 Å². The van der Waals surface area contributed by atoms with Gasteiger partial charge in [-0.05, 0) is 24.6 Å². The van der Waals surface area contributed by atoms with E-state index in [9.17, 15) is 0 Å². The summed E-state index contributed by atoms with van der Waals surface area (Å²) in [5, 5.41) is 4.28. The predicted octanol–water partition coefficient (Wildman–Crippen LogP) is 1.55. The number of nitrogens with two attached hydrogens (primary N) is 1. The molecule has 1 aromatic heterocycles. The minimum Gasteiger partial charge on any atom is -0.320 e. The van der Waals surface area contributed by atoms with Crippen molar-refractivity contribution >= 4 is 0 Å². The van der Waals surface area contributed by atoms with Crippen molar-refractivity contribution in [3.63, 3.8) is 0 Å². The Morgan fingerprint density at radius 2 is 2.12 bits per heavy atom. The zero-order valence-corrected chi connectivity index (χ0v) is 9.85.